The minimum absolute atomic E-state index is 0.0116. The molecular weight excluding hydrogens is 398 g/mol. The maximum absolute atomic E-state index is 13.3. The van der Waals surface area contributed by atoms with Crippen LogP contribution in [0.2, 0.25) is 5.02 Å². The van der Waals surface area contributed by atoms with E-state index in [9.17, 15) is 8.42 Å². The molecule has 1 fully saturated rings. The molecule has 4 rings (SSSR count). The monoisotopic (exact) mass is 417 g/mol. The van der Waals surface area contributed by atoms with Gasteiger partial charge in [-0.25, -0.2) is 8.42 Å². The van der Waals surface area contributed by atoms with Crippen LogP contribution in [-0.4, -0.2) is 28.9 Å². The van der Waals surface area contributed by atoms with Crippen molar-refractivity contribution >= 4 is 21.6 Å². The van der Waals surface area contributed by atoms with Crippen LogP contribution in [0.4, 0.5) is 0 Å². The highest BCUT2D eigenvalue weighted by Gasteiger charge is 2.33. The van der Waals surface area contributed by atoms with E-state index in [1.807, 2.05) is 24.3 Å². The van der Waals surface area contributed by atoms with Crippen LogP contribution in [0.25, 0.3) is 11.4 Å². The number of sulfonamides is 1. The summed E-state index contributed by atoms with van der Waals surface area (Å²) in [6.07, 6.45) is 5.15. The first-order chi connectivity index (χ1) is 13.5. The molecule has 3 aromatic rings. The molecule has 1 heterocycles. The molecule has 6 nitrogen and oxygen atoms in total. The lowest BCUT2D eigenvalue weighted by atomic mass is 10.1. The molecule has 1 aliphatic carbocycles. The van der Waals surface area contributed by atoms with Crippen LogP contribution in [0.15, 0.2) is 64.3 Å². The molecule has 0 radical (unpaired) electrons. The molecule has 0 atom stereocenters. The fraction of sp³-hybridized carbons (Fsp3) is 0.300. The van der Waals surface area contributed by atoms with E-state index in [1.54, 1.807) is 28.6 Å². The lowest BCUT2D eigenvalue weighted by Gasteiger charge is -2.28. The summed E-state index contributed by atoms with van der Waals surface area (Å²) in [5, 5.41) is 4.34. The standard InChI is InChI=1S/C20H20ClN3O3S/c21-17-9-11-19(12-10-17)28(25,26)24(18-3-1-2-4-18)13-15-5-7-16(8-6-15)20-22-14-27-23-20/h5-12,14,18H,1-4,13H2. The third kappa shape index (κ3) is 3.97. The molecule has 0 bridgehead atoms. The second-order valence-corrected chi connectivity index (χ2v) is 9.22. The Morgan fingerprint density at radius 1 is 1.04 bits per heavy atom. The summed E-state index contributed by atoms with van der Waals surface area (Å²) in [7, 11) is -3.62. The summed E-state index contributed by atoms with van der Waals surface area (Å²) in [4.78, 5) is 4.30. The Morgan fingerprint density at radius 3 is 2.32 bits per heavy atom. The Bertz CT molecular complexity index is 1010. The highest BCUT2D eigenvalue weighted by Crippen LogP contribution is 2.31. The van der Waals surface area contributed by atoms with Gasteiger partial charge in [0, 0.05) is 23.2 Å². The second kappa shape index (κ2) is 8.03. The van der Waals surface area contributed by atoms with Crippen LogP contribution in [0.5, 0.6) is 0 Å². The Labute approximate surface area is 169 Å². The first-order valence-corrected chi connectivity index (χ1v) is 11.0. The second-order valence-electron chi connectivity index (χ2n) is 6.89. The fourth-order valence-electron chi connectivity index (χ4n) is 3.58. The van der Waals surface area contributed by atoms with Gasteiger partial charge in [0.1, 0.15) is 0 Å². The maximum atomic E-state index is 13.3. The van der Waals surface area contributed by atoms with Crippen molar-refractivity contribution in [1.29, 1.82) is 0 Å². The first-order valence-electron chi connectivity index (χ1n) is 9.17. The molecule has 0 N–H and O–H groups in total. The van der Waals surface area contributed by atoms with Crippen LogP contribution < -0.4 is 0 Å². The Hall–Kier alpha value is -2.22. The number of aromatic nitrogens is 2. The zero-order chi connectivity index (χ0) is 19.6. The molecule has 1 aromatic heterocycles. The first kappa shape index (κ1) is 19.1. The van der Waals surface area contributed by atoms with Crippen LogP contribution >= 0.6 is 11.6 Å². The van der Waals surface area contributed by atoms with E-state index < -0.39 is 10.0 Å². The molecule has 8 heteroatoms. The summed E-state index contributed by atoms with van der Waals surface area (Å²) < 4.78 is 33.1. The van der Waals surface area contributed by atoms with Crippen molar-refractivity contribution in [3.8, 4) is 11.4 Å². The zero-order valence-corrected chi connectivity index (χ0v) is 16.7. The van der Waals surface area contributed by atoms with Gasteiger partial charge >= 0.3 is 0 Å². The SMILES string of the molecule is O=S(=O)(c1ccc(Cl)cc1)N(Cc1ccc(-c2ncon2)cc1)C1CCCC1. The molecule has 2 aromatic carbocycles. The van der Waals surface area contributed by atoms with Crippen molar-refractivity contribution in [3.63, 3.8) is 0 Å². The molecule has 1 aliphatic rings. The van der Waals surface area contributed by atoms with Crippen LogP contribution in [0, 0.1) is 0 Å². The highest BCUT2D eigenvalue weighted by atomic mass is 35.5. The molecule has 1 saturated carbocycles. The van der Waals surface area contributed by atoms with E-state index in [-0.39, 0.29) is 10.9 Å². The minimum atomic E-state index is -3.62. The molecular formula is C20H20ClN3O3S. The molecule has 0 spiro atoms. The van der Waals surface area contributed by atoms with E-state index in [4.69, 9.17) is 16.1 Å². The van der Waals surface area contributed by atoms with Gasteiger partial charge in [-0.1, -0.05) is 53.9 Å². The van der Waals surface area contributed by atoms with Gasteiger partial charge in [-0.3, -0.25) is 0 Å². The number of hydrogen-bond acceptors (Lipinski definition) is 5. The Morgan fingerprint density at radius 2 is 1.71 bits per heavy atom. The fourth-order valence-corrected chi connectivity index (χ4v) is 5.38. The van der Waals surface area contributed by atoms with Crippen molar-refractivity contribution in [3.05, 3.63) is 65.5 Å². The van der Waals surface area contributed by atoms with E-state index in [0.29, 0.717) is 17.4 Å². The quantitative estimate of drug-likeness (QED) is 0.589. The number of rotatable bonds is 6. The van der Waals surface area contributed by atoms with E-state index in [1.165, 1.54) is 6.39 Å². The van der Waals surface area contributed by atoms with Crippen LogP contribution in [0.3, 0.4) is 0 Å². The number of hydrogen-bond donors (Lipinski definition) is 0. The van der Waals surface area contributed by atoms with Gasteiger partial charge in [0.05, 0.1) is 4.90 Å². The predicted octanol–water partition coefficient (Wildman–Crippen LogP) is 4.52. The Balaban J connectivity index is 1.62. The topological polar surface area (TPSA) is 76.3 Å². The van der Waals surface area contributed by atoms with Crippen molar-refractivity contribution in [2.45, 2.75) is 43.2 Å². The Kier molecular flexibility index (Phi) is 5.48. The van der Waals surface area contributed by atoms with Crippen molar-refractivity contribution in [1.82, 2.24) is 14.4 Å². The molecule has 146 valence electrons. The predicted molar refractivity (Wildman–Crippen MR) is 106 cm³/mol. The summed E-state index contributed by atoms with van der Waals surface area (Å²) in [5.74, 6) is 0.507. The highest BCUT2D eigenvalue weighted by molar-refractivity contribution is 7.89. The third-order valence-corrected chi connectivity index (χ3v) is 7.23. The summed E-state index contributed by atoms with van der Waals surface area (Å²) in [6, 6.07) is 13.9. The van der Waals surface area contributed by atoms with Crippen molar-refractivity contribution in [2.75, 3.05) is 0 Å². The van der Waals surface area contributed by atoms with Crippen LogP contribution in [0.1, 0.15) is 31.2 Å². The lowest BCUT2D eigenvalue weighted by molar-refractivity contribution is 0.316. The van der Waals surface area contributed by atoms with Gasteiger partial charge in [-0.15, -0.1) is 0 Å². The van der Waals surface area contributed by atoms with E-state index in [2.05, 4.69) is 10.1 Å². The third-order valence-electron chi connectivity index (χ3n) is 5.06. The largest absolute Gasteiger partial charge is 0.342 e. The summed E-state index contributed by atoms with van der Waals surface area (Å²) >= 11 is 5.93. The molecule has 0 aliphatic heterocycles. The molecule has 0 saturated heterocycles. The summed E-state index contributed by atoms with van der Waals surface area (Å²) in [6.45, 7) is 0.322. The van der Waals surface area contributed by atoms with Gasteiger partial charge in [0.25, 0.3) is 0 Å². The van der Waals surface area contributed by atoms with E-state index in [0.717, 1.165) is 36.8 Å². The van der Waals surface area contributed by atoms with Gasteiger partial charge in [0.15, 0.2) is 0 Å². The van der Waals surface area contributed by atoms with Gasteiger partial charge in [-0.2, -0.15) is 9.29 Å². The van der Waals surface area contributed by atoms with Gasteiger partial charge < -0.3 is 4.52 Å². The van der Waals surface area contributed by atoms with Gasteiger partial charge in [0.2, 0.25) is 22.2 Å². The van der Waals surface area contributed by atoms with Crippen LogP contribution in [-0.2, 0) is 16.6 Å². The van der Waals surface area contributed by atoms with Gasteiger partial charge in [-0.05, 0) is 42.7 Å². The zero-order valence-electron chi connectivity index (χ0n) is 15.2. The molecule has 28 heavy (non-hydrogen) atoms. The minimum Gasteiger partial charge on any atom is -0.342 e. The number of benzene rings is 2. The van der Waals surface area contributed by atoms with Crippen molar-refractivity contribution in [2.24, 2.45) is 0 Å². The number of nitrogens with zero attached hydrogens (tertiary/aromatic N) is 3. The smallest absolute Gasteiger partial charge is 0.243 e. The average molecular weight is 418 g/mol. The normalized spacial score (nSPS) is 15.4. The average Bonchev–Trinajstić information content (AvgIpc) is 3.41. The number of halogens is 1. The lowest BCUT2D eigenvalue weighted by Crippen LogP contribution is -2.38. The van der Waals surface area contributed by atoms with Crippen molar-refractivity contribution < 1.29 is 12.9 Å². The molecule has 0 unspecified atom stereocenters. The summed E-state index contributed by atoms with van der Waals surface area (Å²) in [5.41, 5.74) is 1.74. The molecule has 0 amide bonds. The maximum Gasteiger partial charge on any atom is 0.243 e. The van der Waals surface area contributed by atoms with E-state index >= 15 is 0 Å².